The van der Waals surface area contributed by atoms with Gasteiger partial charge in [-0.1, -0.05) is 0 Å². The second kappa shape index (κ2) is 6.49. The van der Waals surface area contributed by atoms with Gasteiger partial charge in [-0.3, -0.25) is 4.79 Å². The zero-order chi connectivity index (χ0) is 15.6. The van der Waals surface area contributed by atoms with Gasteiger partial charge in [0.2, 0.25) is 5.91 Å². The maximum Gasteiger partial charge on any atom is 0.226 e. The van der Waals surface area contributed by atoms with Crippen LogP contribution in [0.1, 0.15) is 17.9 Å². The Hall–Kier alpha value is -1.53. The molecule has 0 saturated heterocycles. The number of likely N-dealkylation sites (N-methyl/N-ethyl adjacent to an activating group) is 1. The van der Waals surface area contributed by atoms with E-state index in [1.54, 1.807) is 7.05 Å². The van der Waals surface area contributed by atoms with Gasteiger partial charge in [-0.05, 0) is 36.1 Å². The Morgan fingerprint density at radius 2 is 2.24 bits per heavy atom. The summed E-state index contributed by atoms with van der Waals surface area (Å²) in [4.78, 5) is 13.6. The summed E-state index contributed by atoms with van der Waals surface area (Å²) in [6.45, 7) is 0.297. The normalized spacial score (nSPS) is 22.0. The van der Waals surface area contributed by atoms with Gasteiger partial charge in [-0.15, -0.1) is 0 Å². The minimum absolute atomic E-state index is 0.143. The number of carbonyl (C=O) groups is 1. The number of ether oxygens (including phenoxy) is 1. The lowest BCUT2D eigenvalue weighted by Crippen LogP contribution is -2.37. The first-order valence-corrected chi connectivity index (χ1v) is 6.81. The Bertz CT molecular complexity index is 524. The van der Waals surface area contributed by atoms with Crippen molar-refractivity contribution in [2.45, 2.75) is 18.4 Å². The van der Waals surface area contributed by atoms with Crippen molar-refractivity contribution in [3.8, 4) is 0 Å². The Balaban J connectivity index is 1.96. The van der Waals surface area contributed by atoms with Crippen molar-refractivity contribution >= 4 is 5.91 Å². The maximum absolute atomic E-state index is 13.7. The Labute approximate surface area is 122 Å². The second-order valence-electron chi connectivity index (χ2n) is 5.44. The minimum atomic E-state index is -0.757. The van der Waals surface area contributed by atoms with Crippen LogP contribution in [0.2, 0.25) is 0 Å². The van der Waals surface area contributed by atoms with Crippen LogP contribution in [0.4, 0.5) is 8.78 Å². The minimum Gasteiger partial charge on any atom is -0.389 e. The third-order valence-electron chi connectivity index (χ3n) is 3.69. The van der Waals surface area contributed by atoms with Crippen LogP contribution in [0, 0.1) is 17.6 Å². The Morgan fingerprint density at radius 1 is 1.52 bits per heavy atom. The molecule has 0 bridgehead atoms. The molecule has 21 heavy (non-hydrogen) atoms. The van der Waals surface area contributed by atoms with Crippen molar-refractivity contribution in [2.75, 3.05) is 27.3 Å². The van der Waals surface area contributed by atoms with Gasteiger partial charge in [0, 0.05) is 26.6 Å². The molecule has 1 aliphatic rings. The Kier molecular flexibility index (Phi) is 4.90. The summed E-state index contributed by atoms with van der Waals surface area (Å²) >= 11 is 0. The fraction of sp³-hybridized carbons (Fsp3) is 0.533. The van der Waals surface area contributed by atoms with Crippen LogP contribution in [0.5, 0.6) is 0 Å². The summed E-state index contributed by atoms with van der Waals surface area (Å²) < 4.78 is 31.6. The third-order valence-corrected chi connectivity index (χ3v) is 3.69. The van der Waals surface area contributed by atoms with Crippen molar-refractivity contribution in [1.82, 2.24) is 4.90 Å². The number of hydrogen-bond acceptors (Lipinski definition) is 3. The fourth-order valence-corrected chi connectivity index (χ4v) is 2.54. The molecule has 1 amide bonds. The van der Waals surface area contributed by atoms with Crippen molar-refractivity contribution in [3.63, 3.8) is 0 Å². The van der Waals surface area contributed by atoms with Gasteiger partial charge in [0.05, 0.1) is 12.7 Å². The summed E-state index contributed by atoms with van der Waals surface area (Å²) in [5, 5.41) is 9.61. The Morgan fingerprint density at radius 3 is 2.90 bits per heavy atom. The summed E-state index contributed by atoms with van der Waals surface area (Å²) in [7, 11) is 3.05. The molecule has 6 heteroatoms. The lowest BCUT2D eigenvalue weighted by atomic mass is 10.1. The molecule has 1 aromatic rings. The van der Waals surface area contributed by atoms with Gasteiger partial charge in [-0.25, -0.2) is 8.78 Å². The number of methoxy groups -OCH3 is 1. The molecule has 1 N–H and O–H groups in total. The lowest BCUT2D eigenvalue weighted by Gasteiger charge is -2.20. The molecule has 0 heterocycles. The van der Waals surface area contributed by atoms with Crippen LogP contribution in [-0.2, 0) is 9.53 Å². The van der Waals surface area contributed by atoms with E-state index in [2.05, 4.69) is 0 Å². The monoisotopic (exact) mass is 299 g/mol. The number of aliphatic hydroxyl groups is 1. The van der Waals surface area contributed by atoms with E-state index in [0.29, 0.717) is 6.42 Å². The van der Waals surface area contributed by atoms with E-state index in [1.807, 2.05) is 0 Å². The van der Waals surface area contributed by atoms with Crippen LogP contribution < -0.4 is 0 Å². The largest absolute Gasteiger partial charge is 0.389 e. The molecular formula is C15H19F2NO3. The summed E-state index contributed by atoms with van der Waals surface area (Å²) in [6.07, 6.45) is -0.253. The first-order chi connectivity index (χ1) is 9.93. The fourth-order valence-electron chi connectivity index (χ4n) is 2.54. The zero-order valence-corrected chi connectivity index (χ0v) is 12.1. The summed E-state index contributed by atoms with van der Waals surface area (Å²) in [5.41, 5.74) is 0.249. The molecule has 116 valence electrons. The highest BCUT2D eigenvalue weighted by Crippen LogP contribution is 2.49. The smallest absolute Gasteiger partial charge is 0.226 e. The molecule has 1 aliphatic carbocycles. The highest BCUT2D eigenvalue weighted by atomic mass is 19.1. The number of carbonyl (C=O) groups excluding carboxylic acids is 1. The van der Waals surface area contributed by atoms with E-state index in [1.165, 1.54) is 12.0 Å². The first-order valence-electron chi connectivity index (χ1n) is 6.81. The molecule has 0 aromatic heterocycles. The predicted octanol–water partition coefficient (Wildman–Crippen LogP) is 1.53. The highest BCUT2D eigenvalue weighted by Gasteiger charge is 2.46. The SMILES string of the molecule is COC[C@H](O)CN(C)C(=O)[C@@H]1C[C@@H]1c1cc(F)ccc1F. The number of rotatable bonds is 6. The van der Waals surface area contributed by atoms with Crippen molar-refractivity contribution in [2.24, 2.45) is 5.92 Å². The van der Waals surface area contributed by atoms with Crippen LogP contribution in [0.25, 0.3) is 0 Å². The van der Waals surface area contributed by atoms with Gasteiger partial charge in [-0.2, -0.15) is 0 Å². The number of aliphatic hydroxyl groups excluding tert-OH is 1. The lowest BCUT2D eigenvalue weighted by molar-refractivity contribution is -0.133. The topological polar surface area (TPSA) is 49.8 Å². The first kappa shape index (κ1) is 15.9. The van der Waals surface area contributed by atoms with Gasteiger partial charge in [0.15, 0.2) is 0 Å². The van der Waals surface area contributed by atoms with Gasteiger partial charge in [0.1, 0.15) is 11.6 Å². The predicted molar refractivity (Wildman–Crippen MR) is 72.7 cm³/mol. The molecule has 3 atom stereocenters. The van der Waals surface area contributed by atoms with Gasteiger partial charge in [0.25, 0.3) is 0 Å². The number of hydrogen-bond donors (Lipinski definition) is 1. The third kappa shape index (κ3) is 3.77. The van der Waals surface area contributed by atoms with Crippen LogP contribution in [0.3, 0.4) is 0 Å². The quantitative estimate of drug-likeness (QED) is 0.867. The molecule has 4 nitrogen and oxygen atoms in total. The average Bonchev–Trinajstić information content (AvgIpc) is 3.21. The van der Waals surface area contributed by atoms with E-state index in [-0.39, 0.29) is 36.5 Å². The number of benzene rings is 1. The molecule has 0 spiro atoms. The van der Waals surface area contributed by atoms with E-state index in [9.17, 15) is 18.7 Å². The summed E-state index contributed by atoms with van der Waals surface area (Å²) in [5.74, 6) is -1.79. The number of halogens is 2. The average molecular weight is 299 g/mol. The van der Waals surface area contributed by atoms with Crippen molar-refractivity contribution in [1.29, 1.82) is 0 Å². The van der Waals surface area contributed by atoms with E-state index < -0.39 is 17.7 Å². The number of nitrogens with zero attached hydrogens (tertiary/aromatic N) is 1. The zero-order valence-electron chi connectivity index (χ0n) is 12.1. The van der Waals surface area contributed by atoms with Crippen molar-refractivity contribution < 1.29 is 23.4 Å². The molecule has 1 aromatic carbocycles. The maximum atomic E-state index is 13.7. The van der Waals surface area contributed by atoms with Crippen molar-refractivity contribution in [3.05, 3.63) is 35.4 Å². The van der Waals surface area contributed by atoms with Gasteiger partial charge >= 0.3 is 0 Å². The molecule has 0 unspecified atom stereocenters. The van der Waals surface area contributed by atoms with E-state index in [0.717, 1.165) is 18.2 Å². The van der Waals surface area contributed by atoms with Crippen LogP contribution in [-0.4, -0.2) is 49.3 Å². The number of amides is 1. The van der Waals surface area contributed by atoms with E-state index >= 15 is 0 Å². The molecule has 0 radical (unpaired) electrons. The summed E-state index contributed by atoms with van der Waals surface area (Å²) in [6, 6.07) is 3.29. The second-order valence-corrected chi connectivity index (χ2v) is 5.44. The van der Waals surface area contributed by atoms with E-state index in [4.69, 9.17) is 4.74 Å². The molecule has 1 saturated carbocycles. The molecule has 0 aliphatic heterocycles. The molecule has 1 fully saturated rings. The van der Waals surface area contributed by atoms with Crippen LogP contribution >= 0.6 is 0 Å². The van der Waals surface area contributed by atoms with Crippen LogP contribution in [0.15, 0.2) is 18.2 Å². The highest BCUT2D eigenvalue weighted by molar-refractivity contribution is 5.82. The molecular weight excluding hydrogens is 280 g/mol. The standard InChI is InChI=1S/C15H19F2NO3/c1-18(7-10(19)8-21-2)15(20)13-6-11(13)12-5-9(16)3-4-14(12)17/h3-5,10-11,13,19H,6-8H2,1-2H3/t10-,11-,13-/m1/s1. The van der Waals surface area contributed by atoms with Gasteiger partial charge < -0.3 is 14.7 Å². The molecule has 2 rings (SSSR count).